The molecule has 210 valence electrons. The molecule has 0 spiro atoms. The van der Waals surface area contributed by atoms with Crippen LogP contribution < -0.4 is 4.74 Å². The van der Waals surface area contributed by atoms with Crippen molar-refractivity contribution in [3.05, 3.63) is 114 Å². The van der Waals surface area contributed by atoms with Crippen LogP contribution >= 0.6 is 0 Å². The third-order valence-electron chi connectivity index (χ3n) is 6.36. The molecule has 1 N–H and O–H groups in total. The Kier molecular flexibility index (Phi) is 7.92. The summed E-state index contributed by atoms with van der Waals surface area (Å²) in [7, 11) is -14.8. The van der Waals surface area contributed by atoms with Gasteiger partial charge in [0.2, 0.25) is 19.7 Å². The zero-order valence-electron chi connectivity index (χ0n) is 21.3. The SMILES string of the molecule is CC(C)(c1ccccc1)c1ccc(Oc2ccc(S(=O)(=O)c3ccccc3)cc2)c(S(=O)(=O)C(F)S(=O)(=O)O)c1. The molecule has 0 aliphatic carbocycles. The molecule has 1 unspecified atom stereocenters. The summed E-state index contributed by atoms with van der Waals surface area (Å²) >= 11 is 0. The lowest BCUT2D eigenvalue weighted by molar-refractivity contribution is 0.417. The predicted octanol–water partition coefficient (Wildman–Crippen LogP) is 5.55. The summed E-state index contributed by atoms with van der Waals surface area (Å²) in [6.07, 6.45) is 0. The molecule has 4 aromatic carbocycles. The van der Waals surface area contributed by atoms with E-state index >= 15 is 0 Å². The lowest BCUT2D eigenvalue weighted by Gasteiger charge is -2.27. The summed E-state index contributed by atoms with van der Waals surface area (Å²) in [6.45, 7) is 3.60. The molecule has 40 heavy (non-hydrogen) atoms. The second-order valence-corrected chi connectivity index (χ2v) is 15.0. The highest BCUT2D eigenvalue weighted by Crippen LogP contribution is 2.39. The van der Waals surface area contributed by atoms with E-state index in [0.29, 0.717) is 5.56 Å². The fraction of sp³-hybridized carbons (Fsp3) is 0.143. The van der Waals surface area contributed by atoms with Crippen LogP contribution in [0.25, 0.3) is 0 Å². The first-order chi connectivity index (χ1) is 18.6. The van der Waals surface area contributed by atoms with Gasteiger partial charge in [-0.2, -0.15) is 8.42 Å². The Morgan fingerprint density at radius 1 is 0.700 bits per heavy atom. The molecule has 0 aliphatic rings. The highest BCUT2D eigenvalue weighted by molar-refractivity contribution is 8.06. The number of hydrogen-bond acceptors (Lipinski definition) is 7. The van der Waals surface area contributed by atoms with Crippen LogP contribution in [0.3, 0.4) is 0 Å². The van der Waals surface area contributed by atoms with Crippen LogP contribution in [0, 0.1) is 0 Å². The summed E-state index contributed by atoms with van der Waals surface area (Å²) < 4.78 is 104. The van der Waals surface area contributed by atoms with Crippen molar-refractivity contribution >= 4 is 29.8 Å². The monoisotopic (exact) mass is 604 g/mol. The molecule has 0 aliphatic heterocycles. The number of halogens is 1. The number of sulfone groups is 2. The standard InChI is InChI=1S/C28H25FO8S3/c1-28(2,20-9-5-3-6-10-20)21-13-18-25(26(19-21)39(32,33)27(29)40(34,35)36)37-22-14-16-24(17-15-22)38(30,31)23-11-7-4-8-12-23/h3-19,27H,1-2H3,(H,34,35,36). The highest BCUT2D eigenvalue weighted by atomic mass is 32.3. The van der Waals surface area contributed by atoms with Crippen LogP contribution in [0.1, 0.15) is 25.0 Å². The number of ether oxygens (including phenoxy) is 1. The number of benzene rings is 4. The van der Waals surface area contributed by atoms with E-state index in [1.54, 1.807) is 50.2 Å². The molecule has 0 radical (unpaired) electrons. The normalized spacial score (nSPS) is 13.5. The zero-order valence-corrected chi connectivity index (χ0v) is 23.7. The molecule has 4 rings (SSSR count). The molecule has 1 atom stereocenters. The van der Waals surface area contributed by atoms with Gasteiger partial charge in [-0.3, -0.25) is 4.55 Å². The van der Waals surface area contributed by atoms with Crippen molar-refractivity contribution in [1.29, 1.82) is 0 Å². The minimum absolute atomic E-state index is 0.000736. The molecule has 0 saturated carbocycles. The molecule has 0 amide bonds. The van der Waals surface area contributed by atoms with Gasteiger partial charge in [-0.1, -0.05) is 68.4 Å². The smallest absolute Gasteiger partial charge is 0.328 e. The van der Waals surface area contributed by atoms with Crippen molar-refractivity contribution in [2.45, 2.75) is 38.8 Å². The van der Waals surface area contributed by atoms with Crippen LogP contribution in [0.4, 0.5) is 4.39 Å². The Morgan fingerprint density at radius 2 is 1.23 bits per heavy atom. The van der Waals surface area contributed by atoms with E-state index < -0.39 is 50.7 Å². The Balaban J connectivity index is 1.78. The zero-order chi connectivity index (χ0) is 29.3. The van der Waals surface area contributed by atoms with E-state index in [4.69, 9.17) is 4.74 Å². The van der Waals surface area contributed by atoms with Gasteiger partial charge in [0.15, 0.2) is 0 Å². The van der Waals surface area contributed by atoms with Gasteiger partial charge in [0, 0.05) is 5.41 Å². The van der Waals surface area contributed by atoms with Crippen molar-refractivity contribution < 1.29 is 38.9 Å². The van der Waals surface area contributed by atoms with Crippen molar-refractivity contribution in [3.63, 3.8) is 0 Å². The molecule has 8 nitrogen and oxygen atoms in total. The lowest BCUT2D eigenvalue weighted by atomic mass is 9.78. The van der Waals surface area contributed by atoms with Gasteiger partial charge < -0.3 is 4.74 Å². The summed E-state index contributed by atoms with van der Waals surface area (Å²) in [5.74, 6) is -0.418. The Bertz CT molecular complexity index is 1840. The van der Waals surface area contributed by atoms with Crippen LogP contribution in [-0.2, 0) is 35.2 Å². The number of rotatable bonds is 9. The average Bonchev–Trinajstić information content (AvgIpc) is 2.93. The maximum atomic E-state index is 14.6. The Labute approximate surface area is 232 Å². The maximum absolute atomic E-state index is 14.6. The summed E-state index contributed by atoms with van der Waals surface area (Å²) in [5.41, 5.74) is 0.409. The topological polar surface area (TPSA) is 132 Å². The first-order valence-corrected chi connectivity index (χ1v) is 16.3. The Hall–Kier alpha value is -3.58. The van der Waals surface area contributed by atoms with Crippen molar-refractivity contribution in [2.75, 3.05) is 0 Å². The van der Waals surface area contributed by atoms with E-state index in [1.165, 1.54) is 42.5 Å². The van der Waals surface area contributed by atoms with Crippen LogP contribution in [0.2, 0.25) is 0 Å². The fourth-order valence-corrected chi connectivity index (χ4v) is 7.79. The second-order valence-electron chi connectivity index (χ2n) is 9.38. The third kappa shape index (κ3) is 5.80. The molecule has 0 heterocycles. The van der Waals surface area contributed by atoms with Gasteiger partial charge >= 0.3 is 15.0 Å². The molecule has 0 saturated heterocycles. The second kappa shape index (κ2) is 10.8. The maximum Gasteiger partial charge on any atom is 0.328 e. The summed E-state index contributed by atoms with van der Waals surface area (Å²) in [4.78, 5) is -4.43. The van der Waals surface area contributed by atoms with Crippen LogP contribution in [-0.4, -0.2) is 34.6 Å². The number of alkyl halides is 1. The molecule has 12 heteroatoms. The van der Waals surface area contributed by atoms with E-state index in [0.717, 1.165) is 11.6 Å². The molecule has 0 bridgehead atoms. The van der Waals surface area contributed by atoms with E-state index in [9.17, 15) is 34.2 Å². The number of hydrogen-bond donors (Lipinski definition) is 1. The van der Waals surface area contributed by atoms with Crippen molar-refractivity contribution in [3.8, 4) is 11.5 Å². The van der Waals surface area contributed by atoms with Gasteiger partial charge in [0.25, 0.3) is 0 Å². The van der Waals surface area contributed by atoms with E-state index in [1.807, 2.05) is 18.2 Å². The van der Waals surface area contributed by atoms with Crippen molar-refractivity contribution in [2.24, 2.45) is 0 Å². The van der Waals surface area contributed by atoms with Gasteiger partial charge in [-0.15, -0.1) is 0 Å². The minimum Gasteiger partial charge on any atom is -0.456 e. The van der Waals surface area contributed by atoms with Crippen LogP contribution in [0.15, 0.2) is 118 Å². The van der Waals surface area contributed by atoms with Crippen LogP contribution in [0.5, 0.6) is 11.5 Å². The summed E-state index contributed by atoms with van der Waals surface area (Å²) in [6, 6.07) is 25.7. The molecule has 0 fully saturated rings. The van der Waals surface area contributed by atoms with Crippen molar-refractivity contribution in [1.82, 2.24) is 0 Å². The molecule has 4 aromatic rings. The minimum atomic E-state index is -5.62. The first kappa shape index (κ1) is 29.4. The van der Waals surface area contributed by atoms with Gasteiger partial charge in [0.05, 0.1) is 9.79 Å². The molecular formula is C28H25FO8S3. The summed E-state index contributed by atoms with van der Waals surface area (Å²) in [5, 5.41) is 0. The largest absolute Gasteiger partial charge is 0.456 e. The lowest BCUT2D eigenvalue weighted by Crippen LogP contribution is -2.27. The Morgan fingerprint density at radius 3 is 1.77 bits per heavy atom. The van der Waals surface area contributed by atoms with Gasteiger partial charge in [-0.05, 0) is 59.7 Å². The van der Waals surface area contributed by atoms with E-state index in [-0.39, 0.29) is 15.5 Å². The predicted molar refractivity (Wildman–Crippen MR) is 147 cm³/mol. The third-order valence-corrected chi connectivity index (χ3v) is 11.5. The first-order valence-electron chi connectivity index (χ1n) is 11.8. The quantitative estimate of drug-likeness (QED) is 0.246. The molecule has 0 aromatic heterocycles. The van der Waals surface area contributed by atoms with Gasteiger partial charge in [0.1, 0.15) is 16.4 Å². The average molecular weight is 605 g/mol. The fourth-order valence-electron chi connectivity index (χ4n) is 4.03. The van der Waals surface area contributed by atoms with Gasteiger partial charge in [-0.25, -0.2) is 21.2 Å². The molecular weight excluding hydrogens is 579 g/mol. The van der Waals surface area contributed by atoms with E-state index in [2.05, 4.69) is 0 Å². The highest BCUT2D eigenvalue weighted by Gasteiger charge is 2.41.